The van der Waals surface area contributed by atoms with Crippen LogP contribution in [0.4, 0.5) is 10.6 Å². The molecule has 8 nitrogen and oxygen atoms in total. The van der Waals surface area contributed by atoms with Gasteiger partial charge in [-0.1, -0.05) is 30.9 Å². The summed E-state index contributed by atoms with van der Waals surface area (Å²) in [5.41, 5.74) is 1.14. The zero-order chi connectivity index (χ0) is 20.8. The molecule has 2 aromatic heterocycles. The molecule has 0 unspecified atom stereocenters. The smallest absolute Gasteiger partial charge is 0.412 e. The molecule has 30 heavy (non-hydrogen) atoms. The highest BCUT2D eigenvalue weighted by Crippen LogP contribution is 2.28. The van der Waals surface area contributed by atoms with Gasteiger partial charge >= 0.3 is 6.09 Å². The third kappa shape index (κ3) is 5.29. The lowest BCUT2D eigenvalue weighted by Crippen LogP contribution is -2.21. The molecule has 0 saturated heterocycles. The minimum absolute atomic E-state index is 0.277. The van der Waals surface area contributed by atoms with Crippen molar-refractivity contribution in [3.05, 3.63) is 18.3 Å². The standard InChI is InChI=1S/C22H31N5O3/c1-27-21(24-22(28)29-15-16-8-4-2-5-9-16)20(25-26-27)19-13-12-18(14-23-19)30-17-10-6-3-7-11-17/h12-14,16-17H,2-11,15H2,1H3,(H,24,28). The number of hydrogen-bond acceptors (Lipinski definition) is 6. The first-order chi connectivity index (χ1) is 14.7. The number of pyridine rings is 1. The second kappa shape index (κ2) is 9.91. The number of aryl methyl sites for hydroxylation is 1. The molecule has 2 fully saturated rings. The molecule has 2 aliphatic carbocycles. The molecule has 0 aromatic carbocycles. The topological polar surface area (TPSA) is 91.2 Å². The van der Waals surface area contributed by atoms with Gasteiger partial charge in [0.15, 0.2) is 11.5 Å². The number of rotatable bonds is 6. The van der Waals surface area contributed by atoms with Crippen LogP contribution in [0.2, 0.25) is 0 Å². The number of hydrogen-bond donors (Lipinski definition) is 1. The van der Waals surface area contributed by atoms with Crippen LogP contribution in [0.5, 0.6) is 5.75 Å². The zero-order valence-electron chi connectivity index (χ0n) is 17.7. The van der Waals surface area contributed by atoms with E-state index in [9.17, 15) is 4.79 Å². The summed E-state index contributed by atoms with van der Waals surface area (Å²) in [6, 6.07) is 3.75. The van der Waals surface area contributed by atoms with Crippen LogP contribution >= 0.6 is 0 Å². The van der Waals surface area contributed by atoms with Crippen molar-refractivity contribution in [1.29, 1.82) is 0 Å². The highest BCUT2D eigenvalue weighted by atomic mass is 16.5. The van der Waals surface area contributed by atoms with Gasteiger partial charge in [0.05, 0.1) is 24.6 Å². The van der Waals surface area contributed by atoms with Gasteiger partial charge < -0.3 is 9.47 Å². The van der Waals surface area contributed by atoms with Gasteiger partial charge in [-0.2, -0.15) is 0 Å². The fourth-order valence-electron chi connectivity index (χ4n) is 4.32. The first-order valence-corrected chi connectivity index (χ1v) is 11.2. The van der Waals surface area contributed by atoms with Gasteiger partial charge in [0, 0.05) is 7.05 Å². The minimum Gasteiger partial charge on any atom is -0.489 e. The normalized spacial score (nSPS) is 18.2. The Balaban J connectivity index is 1.37. The zero-order valence-corrected chi connectivity index (χ0v) is 17.7. The first kappa shape index (κ1) is 20.6. The molecule has 0 aliphatic heterocycles. The fraction of sp³-hybridized carbons (Fsp3) is 0.636. The second-order valence-corrected chi connectivity index (χ2v) is 8.39. The molecule has 1 amide bonds. The van der Waals surface area contributed by atoms with Crippen LogP contribution in [0.3, 0.4) is 0 Å². The summed E-state index contributed by atoms with van der Waals surface area (Å²) in [6.07, 6.45) is 13.4. The predicted octanol–water partition coefficient (Wildman–Crippen LogP) is 4.72. The number of amides is 1. The Morgan fingerprint density at radius 1 is 1.10 bits per heavy atom. The molecule has 0 atom stereocenters. The number of carbonyl (C=O) groups excluding carboxylic acids is 1. The van der Waals surface area contributed by atoms with Gasteiger partial charge in [0.2, 0.25) is 0 Å². The van der Waals surface area contributed by atoms with E-state index in [1.165, 1.54) is 43.2 Å². The third-order valence-electron chi connectivity index (χ3n) is 6.06. The van der Waals surface area contributed by atoms with Gasteiger partial charge in [-0.3, -0.25) is 10.3 Å². The van der Waals surface area contributed by atoms with Gasteiger partial charge in [-0.25, -0.2) is 9.48 Å². The van der Waals surface area contributed by atoms with Crippen molar-refractivity contribution < 1.29 is 14.3 Å². The number of aromatic nitrogens is 4. The Hall–Kier alpha value is -2.64. The van der Waals surface area contributed by atoms with Crippen molar-refractivity contribution >= 4 is 11.9 Å². The summed E-state index contributed by atoms with van der Waals surface area (Å²) >= 11 is 0. The molecule has 2 aromatic rings. The molecule has 8 heteroatoms. The van der Waals surface area contributed by atoms with E-state index < -0.39 is 6.09 Å². The number of nitrogens with zero attached hydrogens (tertiary/aromatic N) is 4. The van der Waals surface area contributed by atoms with E-state index in [2.05, 4.69) is 20.6 Å². The summed E-state index contributed by atoms with van der Waals surface area (Å²) in [5.74, 6) is 1.69. The third-order valence-corrected chi connectivity index (χ3v) is 6.06. The maximum absolute atomic E-state index is 12.3. The summed E-state index contributed by atoms with van der Waals surface area (Å²) < 4.78 is 13.0. The molecule has 0 bridgehead atoms. The maximum atomic E-state index is 12.3. The molecule has 0 spiro atoms. The van der Waals surface area contributed by atoms with Crippen LogP contribution in [0.1, 0.15) is 64.2 Å². The number of anilines is 1. The SMILES string of the molecule is Cn1nnc(-c2ccc(OC3CCCCC3)cn2)c1NC(=O)OCC1CCCCC1. The molecular weight excluding hydrogens is 382 g/mol. The van der Waals surface area contributed by atoms with E-state index in [1.54, 1.807) is 13.2 Å². The summed E-state index contributed by atoms with van der Waals surface area (Å²) in [4.78, 5) is 16.8. The Morgan fingerprint density at radius 2 is 1.83 bits per heavy atom. The van der Waals surface area contributed by atoms with E-state index in [-0.39, 0.29) is 6.10 Å². The molecular formula is C22H31N5O3. The Bertz CT molecular complexity index is 824. The minimum atomic E-state index is -0.482. The van der Waals surface area contributed by atoms with E-state index in [1.807, 2.05) is 12.1 Å². The molecule has 2 saturated carbocycles. The van der Waals surface area contributed by atoms with E-state index in [0.29, 0.717) is 29.7 Å². The number of carbonyl (C=O) groups is 1. The largest absolute Gasteiger partial charge is 0.489 e. The van der Waals surface area contributed by atoms with Crippen molar-refractivity contribution in [2.75, 3.05) is 11.9 Å². The van der Waals surface area contributed by atoms with Crippen LogP contribution in [0.25, 0.3) is 11.4 Å². The van der Waals surface area contributed by atoms with Gasteiger partial charge in [0.1, 0.15) is 5.75 Å². The van der Waals surface area contributed by atoms with Crippen molar-refractivity contribution in [1.82, 2.24) is 20.0 Å². The Labute approximate surface area is 177 Å². The average molecular weight is 414 g/mol. The number of ether oxygens (including phenoxy) is 2. The first-order valence-electron chi connectivity index (χ1n) is 11.2. The van der Waals surface area contributed by atoms with Crippen molar-refractivity contribution in [3.63, 3.8) is 0 Å². The van der Waals surface area contributed by atoms with Gasteiger partial charge in [-0.15, -0.1) is 5.10 Å². The summed E-state index contributed by atoms with van der Waals surface area (Å²) in [7, 11) is 1.73. The monoisotopic (exact) mass is 413 g/mol. The molecule has 0 radical (unpaired) electrons. The Morgan fingerprint density at radius 3 is 2.53 bits per heavy atom. The van der Waals surface area contributed by atoms with Crippen molar-refractivity contribution in [3.8, 4) is 17.1 Å². The maximum Gasteiger partial charge on any atom is 0.412 e. The van der Waals surface area contributed by atoms with Crippen molar-refractivity contribution in [2.45, 2.75) is 70.3 Å². The van der Waals surface area contributed by atoms with Crippen molar-refractivity contribution in [2.24, 2.45) is 13.0 Å². The lowest BCUT2D eigenvalue weighted by Gasteiger charge is -2.22. The van der Waals surface area contributed by atoms with E-state index in [0.717, 1.165) is 31.4 Å². The molecule has 162 valence electrons. The van der Waals surface area contributed by atoms with Gasteiger partial charge in [-0.05, 0) is 56.6 Å². The van der Waals surface area contributed by atoms with Crippen LogP contribution in [-0.4, -0.2) is 38.8 Å². The highest BCUT2D eigenvalue weighted by Gasteiger charge is 2.20. The number of nitrogens with one attached hydrogen (secondary N) is 1. The van der Waals surface area contributed by atoms with Crippen LogP contribution in [0, 0.1) is 5.92 Å². The predicted molar refractivity (Wildman–Crippen MR) is 113 cm³/mol. The molecule has 4 rings (SSSR count). The molecule has 2 heterocycles. The fourth-order valence-corrected chi connectivity index (χ4v) is 4.32. The Kier molecular flexibility index (Phi) is 6.81. The molecule has 1 N–H and O–H groups in total. The van der Waals surface area contributed by atoms with Crippen LogP contribution in [0.15, 0.2) is 18.3 Å². The lowest BCUT2D eigenvalue weighted by molar-refractivity contribution is 0.128. The average Bonchev–Trinajstić information content (AvgIpc) is 3.14. The van der Waals surface area contributed by atoms with E-state index >= 15 is 0 Å². The summed E-state index contributed by atoms with van der Waals surface area (Å²) in [5, 5.41) is 11.0. The quantitative estimate of drug-likeness (QED) is 0.737. The summed E-state index contributed by atoms with van der Waals surface area (Å²) in [6.45, 7) is 0.456. The van der Waals surface area contributed by atoms with Crippen LogP contribution < -0.4 is 10.1 Å². The van der Waals surface area contributed by atoms with Crippen LogP contribution in [-0.2, 0) is 11.8 Å². The highest BCUT2D eigenvalue weighted by molar-refractivity contribution is 5.88. The van der Waals surface area contributed by atoms with Gasteiger partial charge in [0.25, 0.3) is 0 Å². The van der Waals surface area contributed by atoms with E-state index in [4.69, 9.17) is 9.47 Å². The molecule has 2 aliphatic rings. The lowest BCUT2D eigenvalue weighted by atomic mass is 9.90. The second-order valence-electron chi connectivity index (χ2n) is 8.39.